The monoisotopic (exact) mass is 260 g/mol. The van der Waals surface area contributed by atoms with Crippen molar-refractivity contribution in [2.45, 2.75) is 20.3 Å². The number of aliphatic carboxylic acids is 1. The maximum atomic E-state index is 11.5. The first-order chi connectivity index (χ1) is 8.32. The fourth-order valence-corrected chi connectivity index (χ4v) is 0.989. The predicted octanol–water partition coefficient (Wildman–Crippen LogP) is -0.634. The van der Waals surface area contributed by atoms with Crippen molar-refractivity contribution in [1.82, 2.24) is 10.6 Å². The van der Waals surface area contributed by atoms with E-state index in [0.29, 0.717) is 13.2 Å². The Labute approximate surface area is 106 Å². The first-order valence-corrected chi connectivity index (χ1v) is 5.59. The van der Waals surface area contributed by atoms with E-state index in [4.69, 9.17) is 9.84 Å². The van der Waals surface area contributed by atoms with Crippen molar-refractivity contribution in [1.29, 1.82) is 0 Å². The van der Waals surface area contributed by atoms with Crippen LogP contribution < -0.4 is 10.6 Å². The normalized spacial score (nSPS) is 10.8. The molecule has 3 N–H and O–H groups in total. The van der Waals surface area contributed by atoms with Crippen LogP contribution in [0.2, 0.25) is 0 Å². The van der Waals surface area contributed by atoms with Crippen molar-refractivity contribution in [2.24, 2.45) is 5.41 Å². The molecule has 7 nitrogen and oxygen atoms in total. The number of hydrogen-bond donors (Lipinski definition) is 3. The van der Waals surface area contributed by atoms with Crippen molar-refractivity contribution >= 4 is 17.8 Å². The SMILES string of the molecule is COCCNC(=O)CCNC(=O)C(C)(C)C(=O)O. The Hall–Kier alpha value is -1.63. The predicted molar refractivity (Wildman–Crippen MR) is 63.9 cm³/mol. The highest BCUT2D eigenvalue weighted by atomic mass is 16.5. The lowest BCUT2D eigenvalue weighted by Gasteiger charge is -2.18. The van der Waals surface area contributed by atoms with Gasteiger partial charge in [0.25, 0.3) is 0 Å². The summed E-state index contributed by atoms with van der Waals surface area (Å²) in [6, 6.07) is 0. The summed E-state index contributed by atoms with van der Waals surface area (Å²) >= 11 is 0. The molecule has 0 aromatic rings. The highest BCUT2D eigenvalue weighted by Gasteiger charge is 2.35. The average molecular weight is 260 g/mol. The third kappa shape index (κ3) is 5.62. The summed E-state index contributed by atoms with van der Waals surface area (Å²) in [5.41, 5.74) is -1.49. The molecule has 0 bridgehead atoms. The molecule has 0 aliphatic heterocycles. The lowest BCUT2D eigenvalue weighted by Crippen LogP contribution is -2.43. The third-order valence-electron chi connectivity index (χ3n) is 2.37. The van der Waals surface area contributed by atoms with Gasteiger partial charge in [0.15, 0.2) is 0 Å². The molecular weight excluding hydrogens is 240 g/mol. The number of carboxylic acid groups (broad SMARTS) is 1. The van der Waals surface area contributed by atoms with E-state index in [1.165, 1.54) is 21.0 Å². The second kappa shape index (κ2) is 7.65. The molecule has 0 spiro atoms. The number of carbonyl (C=O) groups excluding carboxylic acids is 2. The summed E-state index contributed by atoms with van der Waals surface area (Å²) in [4.78, 5) is 33.5. The zero-order valence-electron chi connectivity index (χ0n) is 10.9. The van der Waals surface area contributed by atoms with Gasteiger partial charge in [0.05, 0.1) is 6.61 Å². The summed E-state index contributed by atoms with van der Waals surface area (Å²) in [7, 11) is 1.53. The number of methoxy groups -OCH3 is 1. The van der Waals surface area contributed by atoms with Crippen LogP contribution in [-0.2, 0) is 19.1 Å². The summed E-state index contributed by atoms with van der Waals surface area (Å²) in [5.74, 6) is -2.04. The van der Waals surface area contributed by atoms with Crippen molar-refractivity contribution in [3.05, 3.63) is 0 Å². The van der Waals surface area contributed by atoms with E-state index in [9.17, 15) is 14.4 Å². The van der Waals surface area contributed by atoms with Crippen LogP contribution in [0.3, 0.4) is 0 Å². The molecule has 0 atom stereocenters. The van der Waals surface area contributed by atoms with E-state index in [2.05, 4.69) is 10.6 Å². The maximum Gasteiger partial charge on any atom is 0.318 e. The molecule has 0 fully saturated rings. The van der Waals surface area contributed by atoms with Crippen LogP contribution in [0.4, 0.5) is 0 Å². The van der Waals surface area contributed by atoms with E-state index in [1.807, 2.05) is 0 Å². The zero-order chi connectivity index (χ0) is 14.2. The summed E-state index contributed by atoms with van der Waals surface area (Å²) in [5, 5.41) is 13.8. The summed E-state index contributed by atoms with van der Waals surface area (Å²) < 4.78 is 4.76. The van der Waals surface area contributed by atoms with Gasteiger partial charge in [-0.2, -0.15) is 0 Å². The molecule has 0 saturated carbocycles. The largest absolute Gasteiger partial charge is 0.480 e. The number of hydrogen-bond acceptors (Lipinski definition) is 4. The molecule has 0 rings (SSSR count). The first-order valence-electron chi connectivity index (χ1n) is 5.59. The van der Waals surface area contributed by atoms with Crippen LogP contribution in [0.5, 0.6) is 0 Å². The Bertz CT molecular complexity index is 315. The Morgan fingerprint density at radius 3 is 2.28 bits per heavy atom. The number of rotatable bonds is 8. The molecule has 0 unspecified atom stereocenters. The van der Waals surface area contributed by atoms with Gasteiger partial charge >= 0.3 is 5.97 Å². The van der Waals surface area contributed by atoms with Gasteiger partial charge in [-0.25, -0.2) is 0 Å². The molecule has 0 aliphatic carbocycles. The van der Waals surface area contributed by atoms with E-state index in [0.717, 1.165) is 0 Å². The van der Waals surface area contributed by atoms with Crippen LogP contribution in [0, 0.1) is 5.41 Å². The zero-order valence-corrected chi connectivity index (χ0v) is 10.9. The molecular formula is C11H20N2O5. The second-order valence-electron chi connectivity index (χ2n) is 4.28. The van der Waals surface area contributed by atoms with Crippen LogP contribution in [-0.4, -0.2) is 49.7 Å². The molecule has 0 saturated heterocycles. The molecule has 2 amide bonds. The Kier molecular flexibility index (Phi) is 6.96. The lowest BCUT2D eigenvalue weighted by molar-refractivity contribution is -0.153. The van der Waals surface area contributed by atoms with Gasteiger partial charge in [-0.15, -0.1) is 0 Å². The van der Waals surface area contributed by atoms with Crippen molar-refractivity contribution < 1.29 is 24.2 Å². The molecule has 7 heteroatoms. The molecule has 104 valence electrons. The number of amides is 2. The lowest BCUT2D eigenvalue weighted by atomic mass is 9.93. The second-order valence-corrected chi connectivity index (χ2v) is 4.28. The maximum absolute atomic E-state index is 11.5. The van der Waals surface area contributed by atoms with Crippen LogP contribution in [0.25, 0.3) is 0 Å². The smallest absolute Gasteiger partial charge is 0.318 e. The third-order valence-corrected chi connectivity index (χ3v) is 2.37. The van der Waals surface area contributed by atoms with Crippen LogP contribution >= 0.6 is 0 Å². The molecule has 0 aromatic heterocycles. The fraction of sp³-hybridized carbons (Fsp3) is 0.727. The summed E-state index contributed by atoms with van der Waals surface area (Å²) in [6.07, 6.45) is 0.102. The summed E-state index contributed by atoms with van der Waals surface area (Å²) in [6.45, 7) is 3.55. The van der Waals surface area contributed by atoms with Gasteiger partial charge in [-0.05, 0) is 13.8 Å². The molecule has 0 aromatic carbocycles. The topological polar surface area (TPSA) is 105 Å². The van der Waals surface area contributed by atoms with Gasteiger partial charge in [-0.3, -0.25) is 14.4 Å². The van der Waals surface area contributed by atoms with Gasteiger partial charge in [0.2, 0.25) is 11.8 Å². The van der Waals surface area contributed by atoms with Crippen LogP contribution in [0.1, 0.15) is 20.3 Å². The number of ether oxygens (including phenoxy) is 1. The highest BCUT2D eigenvalue weighted by Crippen LogP contribution is 2.14. The molecule has 0 radical (unpaired) electrons. The Morgan fingerprint density at radius 2 is 1.78 bits per heavy atom. The van der Waals surface area contributed by atoms with Gasteiger partial charge in [-0.1, -0.05) is 0 Å². The Balaban J connectivity index is 3.88. The van der Waals surface area contributed by atoms with Gasteiger partial charge in [0, 0.05) is 26.6 Å². The van der Waals surface area contributed by atoms with E-state index in [1.54, 1.807) is 0 Å². The minimum Gasteiger partial charge on any atom is -0.480 e. The van der Waals surface area contributed by atoms with Crippen molar-refractivity contribution in [3.63, 3.8) is 0 Å². The molecule has 0 heterocycles. The number of carboxylic acids is 1. The fourth-order valence-electron chi connectivity index (χ4n) is 0.989. The number of nitrogens with one attached hydrogen (secondary N) is 2. The highest BCUT2D eigenvalue weighted by molar-refractivity contribution is 6.01. The molecule has 0 aliphatic rings. The molecule has 18 heavy (non-hydrogen) atoms. The van der Waals surface area contributed by atoms with Crippen molar-refractivity contribution in [2.75, 3.05) is 26.8 Å². The first kappa shape index (κ1) is 16.4. The quantitative estimate of drug-likeness (QED) is 0.398. The van der Waals surface area contributed by atoms with E-state index >= 15 is 0 Å². The Morgan fingerprint density at radius 1 is 1.17 bits per heavy atom. The van der Waals surface area contributed by atoms with Gasteiger partial charge in [0.1, 0.15) is 5.41 Å². The minimum atomic E-state index is -1.49. The van der Waals surface area contributed by atoms with E-state index < -0.39 is 17.3 Å². The number of carbonyl (C=O) groups is 3. The van der Waals surface area contributed by atoms with Crippen LogP contribution in [0.15, 0.2) is 0 Å². The standard InChI is InChI=1S/C11H20N2O5/c1-11(2,10(16)17)9(15)13-5-4-8(14)12-6-7-18-3/h4-7H2,1-3H3,(H,12,14)(H,13,15)(H,16,17). The van der Waals surface area contributed by atoms with E-state index in [-0.39, 0.29) is 18.9 Å². The van der Waals surface area contributed by atoms with Gasteiger partial charge < -0.3 is 20.5 Å². The van der Waals surface area contributed by atoms with Crippen molar-refractivity contribution in [3.8, 4) is 0 Å². The minimum absolute atomic E-state index is 0.102. The average Bonchev–Trinajstić information content (AvgIpc) is 2.28.